The second-order valence-electron chi connectivity index (χ2n) is 6.55. The van der Waals surface area contributed by atoms with Crippen LogP contribution in [-0.4, -0.2) is 32.3 Å². The first-order valence-corrected chi connectivity index (χ1v) is 9.18. The molecule has 0 aliphatic heterocycles. The predicted octanol–water partition coefficient (Wildman–Crippen LogP) is 3.13. The Labute approximate surface area is 168 Å². The van der Waals surface area contributed by atoms with E-state index in [9.17, 15) is 4.79 Å². The number of nitrogens with one attached hydrogen (secondary N) is 1. The number of amides is 1. The highest BCUT2D eigenvalue weighted by atomic mass is 16.5. The van der Waals surface area contributed by atoms with Gasteiger partial charge in [-0.2, -0.15) is 5.10 Å². The van der Waals surface area contributed by atoms with Crippen molar-refractivity contribution in [3.63, 3.8) is 0 Å². The van der Waals surface area contributed by atoms with Gasteiger partial charge in [-0.3, -0.25) is 4.79 Å². The summed E-state index contributed by atoms with van der Waals surface area (Å²) in [5.74, 6) is 1.14. The molecule has 0 radical (unpaired) electrons. The molecule has 146 valence electrons. The molecule has 2 heterocycles. The summed E-state index contributed by atoms with van der Waals surface area (Å²) < 4.78 is 9.06. The molecule has 29 heavy (non-hydrogen) atoms. The Morgan fingerprint density at radius 3 is 2.59 bits per heavy atom. The van der Waals surface area contributed by atoms with Gasteiger partial charge in [-0.15, -0.1) is 0 Å². The van der Waals surface area contributed by atoms with E-state index in [2.05, 4.69) is 15.4 Å². The fraction of sp³-hybridized carbons (Fsp3) is 0.136. The highest BCUT2D eigenvalue weighted by molar-refractivity contribution is 5.94. The summed E-state index contributed by atoms with van der Waals surface area (Å²) in [6.45, 7) is 0. The Balaban J connectivity index is 1.66. The Bertz CT molecular complexity index is 1120. The minimum absolute atomic E-state index is 0.244. The van der Waals surface area contributed by atoms with Crippen LogP contribution in [-0.2, 0) is 7.05 Å². The summed E-state index contributed by atoms with van der Waals surface area (Å²) in [5, 5.41) is 7.39. The summed E-state index contributed by atoms with van der Waals surface area (Å²) in [7, 11) is 3.50. The van der Waals surface area contributed by atoms with Crippen LogP contribution in [0, 0.1) is 0 Å². The molecule has 0 aliphatic carbocycles. The van der Waals surface area contributed by atoms with Crippen LogP contribution in [0.1, 0.15) is 27.8 Å². The van der Waals surface area contributed by atoms with Crippen molar-refractivity contribution in [1.29, 1.82) is 0 Å². The molecule has 2 aromatic heterocycles. The van der Waals surface area contributed by atoms with Gasteiger partial charge in [-0.05, 0) is 18.2 Å². The van der Waals surface area contributed by atoms with E-state index >= 15 is 0 Å². The summed E-state index contributed by atoms with van der Waals surface area (Å²) in [4.78, 5) is 17.5. The monoisotopic (exact) mass is 387 g/mol. The Morgan fingerprint density at radius 1 is 1.10 bits per heavy atom. The van der Waals surface area contributed by atoms with E-state index in [0.29, 0.717) is 17.1 Å². The number of imidazole rings is 1. The van der Waals surface area contributed by atoms with Crippen LogP contribution in [0.5, 0.6) is 5.75 Å². The van der Waals surface area contributed by atoms with Gasteiger partial charge in [0.25, 0.3) is 5.91 Å². The molecular weight excluding hydrogens is 366 g/mol. The summed E-state index contributed by atoms with van der Waals surface area (Å²) >= 11 is 0. The van der Waals surface area contributed by atoms with Gasteiger partial charge in [0.15, 0.2) is 0 Å². The maximum Gasteiger partial charge on any atom is 0.255 e. The predicted molar refractivity (Wildman–Crippen MR) is 109 cm³/mol. The molecule has 1 amide bonds. The Morgan fingerprint density at radius 2 is 1.86 bits per heavy atom. The van der Waals surface area contributed by atoms with Crippen molar-refractivity contribution in [1.82, 2.24) is 24.6 Å². The number of hydrogen-bond donors (Lipinski definition) is 1. The molecule has 0 saturated heterocycles. The molecule has 0 aliphatic rings. The standard InChI is InChI=1S/C22H21N5O2/c1-26-13-12-23-21(26)20(18-10-6-7-11-19(18)29-2)25-22(28)16-14-24-27(15-16)17-8-4-3-5-9-17/h3-15,20H,1-2H3,(H,25,28). The maximum absolute atomic E-state index is 13.0. The molecule has 7 heteroatoms. The van der Waals surface area contributed by atoms with Crippen molar-refractivity contribution in [3.05, 3.63) is 96.3 Å². The minimum atomic E-state index is -0.473. The lowest BCUT2D eigenvalue weighted by atomic mass is 10.0. The van der Waals surface area contributed by atoms with Crippen molar-refractivity contribution >= 4 is 5.91 Å². The molecule has 0 fully saturated rings. The Hall–Kier alpha value is -3.87. The van der Waals surface area contributed by atoms with Gasteiger partial charge in [0, 0.05) is 31.2 Å². The number of aromatic nitrogens is 4. The molecular formula is C22H21N5O2. The van der Waals surface area contributed by atoms with Crippen LogP contribution < -0.4 is 10.1 Å². The number of methoxy groups -OCH3 is 1. The van der Waals surface area contributed by atoms with Gasteiger partial charge in [-0.25, -0.2) is 9.67 Å². The lowest BCUT2D eigenvalue weighted by Gasteiger charge is -2.21. The summed E-state index contributed by atoms with van der Waals surface area (Å²) in [5.41, 5.74) is 2.17. The molecule has 4 rings (SSSR count). The van der Waals surface area contributed by atoms with Crippen LogP contribution >= 0.6 is 0 Å². The first kappa shape index (κ1) is 18.5. The molecule has 0 bridgehead atoms. The number of para-hydroxylation sites is 2. The number of carbonyl (C=O) groups excluding carboxylic acids is 1. The first-order chi connectivity index (χ1) is 14.2. The van der Waals surface area contributed by atoms with Gasteiger partial charge >= 0.3 is 0 Å². The van der Waals surface area contributed by atoms with Gasteiger partial charge in [0.1, 0.15) is 17.6 Å². The normalized spacial score (nSPS) is 11.8. The van der Waals surface area contributed by atoms with E-state index in [0.717, 1.165) is 11.3 Å². The van der Waals surface area contributed by atoms with Crippen LogP contribution in [0.15, 0.2) is 79.4 Å². The third-order valence-electron chi connectivity index (χ3n) is 4.71. The fourth-order valence-electron chi connectivity index (χ4n) is 3.22. The molecule has 1 atom stereocenters. The number of hydrogen-bond acceptors (Lipinski definition) is 4. The van der Waals surface area contributed by atoms with E-state index in [1.807, 2.05) is 72.4 Å². The fourth-order valence-corrected chi connectivity index (χ4v) is 3.22. The number of ether oxygens (including phenoxy) is 1. The van der Waals surface area contributed by atoms with Crippen molar-refractivity contribution in [2.45, 2.75) is 6.04 Å². The van der Waals surface area contributed by atoms with E-state index in [1.54, 1.807) is 30.4 Å². The van der Waals surface area contributed by atoms with E-state index in [1.165, 1.54) is 0 Å². The van der Waals surface area contributed by atoms with Gasteiger partial charge in [0.2, 0.25) is 0 Å². The Kier molecular flexibility index (Phi) is 5.11. The van der Waals surface area contributed by atoms with Crippen LogP contribution in [0.3, 0.4) is 0 Å². The zero-order valence-corrected chi connectivity index (χ0v) is 16.2. The summed E-state index contributed by atoms with van der Waals surface area (Å²) in [6.07, 6.45) is 6.82. The van der Waals surface area contributed by atoms with Crippen molar-refractivity contribution < 1.29 is 9.53 Å². The largest absolute Gasteiger partial charge is 0.496 e. The van der Waals surface area contributed by atoms with Crippen LogP contribution in [0.4, 0.5) is 0 Å². The molecule has 1 unspecified atom stereocenters. The number of nitrogens with zero attached hydrogens (tertiary/aromatic N) is 4. The average Bonchev–Trinajstić information content (AvgIpc) is 3.42. The molecule has 0 spiro atoms. The third kappa shape index (κ3) is 3.75. The quantitative estimate of drug-likeness (QED) is 0.552. The first-order valence-electron chi connectivity index (χ1n) is 9.18. The maximum atomic E-state index is 13.0. The molecule has 0 saturated carbocycles. The number of rotatable bonds is 6. The lowest BCUT2D eigenvalue weighted by Crippen LogP contribution is -2.31. The van der Waals surface area contributed by atoms with E-state index in [4.69, 9.17) is 4.74 Å². The molecule has 7 nitrogen and oxygen atoms in total. The van der Waals surface area contributed by atoms with Gasteiger partial charge in [0.05, 0.1) is 24.6 Å². The van der Waals surface area contributed by atoms with E-state index in [-0.39, 0.29) is 5.91 Å². The van der Waals surface area contributed by atoms with Gasteiger partial charge < -0.3 is 14.6 Å². The SMILES string of the molecule is COc1ccccc1C(NC(=O)c1cnn(-c2ccccc2)c1)c1nccn1C. The lowest BCUT2D eigenvalue weighted by molar-refractivity contribution is 0.0941. The second kappa shape index (κ2) is 8.02. The van der Waals surface area contributed by atoms with E-state index < -0.39 is 6.04 Å². The number of benzene rings is 2. The number of carbonyl (C=O) groups is 1. The highest BCUT2D eigenvalue weighted by Crippen LogP contribution is 2.29. The zero-order valence-electron chi connectivity index (χ0n) is 16.2. The van der Waals surface area contributed by atoms with Crippen molar-refractivity contribution in [2.24, 2.45) is 7.05 Å². The number of aryl methyl sites for hydroxylation is 1. The minimum Gasteiger partial charge on any atom is -0.496 e. The smallest absolute Gasteiger partial charge is 0.255 e. The van der Waals surface area contributed by atoms with Crippen molar-refractivity contribution in [3.8, 4) is 11.4 Å². The van der Waals surface area contributed by atoms with Crippen molar-refractivity contribution in [2.75, 3.05) is 7.11 Å². The molecule has 1 N–H and O–H groups in total. The topological polar surface area (TPSA) is 74.0 Å². The third-order valence-corrected chi connectivity index (χ3v) is 4.71. The zero-order chi connectivity index (χ0) is 20.2. The average molecular weight is 387 g/mol. The molecule has 4 aromatic rings. The van der Waals surface area contributed by atoms with Gasteiger partial charge in [-0.1, -0.05) is 36.4 Å². The molecule has 2 aromatic carbocycles. The highest BCUT2D eigenvalue weighted by Gasteiger charge is 2.24. The van der Waals surface area contributed by atoms with Crippen LogP contribution in [0.2, 0.25) is 0 Å². The van der Waals surface area contributed by atoms with Crippen LogP contribution in [0.25, 0.3) is 5.69 Å². The summed E-state index contributed by atoms with van der Waals surface area (Å²) in [6, 6.07) is 16.8. The second-order valence-corrected chi connectivity index (χ2v) is 6.55.